The highest BCUT2D eigenvalue weighted by molar-refractivity contribution is 5.73. The van der Waals surface area contributed by atoms with E-state index in [1.807, 2.05) is 0 Å². The Balaban J connectivity index is 2.68. The van der Waals surface area contributed by atoms with Crippen molar-refractivity contribution in [3.63, 3.8) is 0 Å². The Morgan fingerprint density at radius 2 is 2.60 bits per heavy atom. The van der Waals surface area contributed by atoms with E-state index in [1.165, 1.54) is 0 Å². The van der Waals surface area contributed by atoms with Crippen LogP contribution in [0.2, 0.25) is 0 Å². The predicted molar refractivity (Wildman–Crippen MR) is 38.4 cm³/mol. The Hall–Kier alpha value is -1.31. The zero-order chi connectivity index (χ0) is 7.40. The molecule has 0 radical (unpaired) electrons. The molecule has 0 N–H and O–H groups in total. The second-order valence-electron chi connectivity index (χ2n) is 1.95. The summed E-state index contributed by atoms with van der Waals surface area (Å²) in [5, 5.41) is 0. The lowest BCUT2D eigenvalue weighted by atomic mass is 10.2. The van der Waals surface area contributed by atoms with Crippen LogP contribution in [0.4, 0.5) is 0 Å². The number of hydrogen-bond acceptors (Lipinski definition) is 2. The molecule has 0 bridgehead atoms. The summed E-state index contributed by atoms with van der Waals surface area (Å²) in [6, 6.07) is 3.55. The number of carbonyl (C=O) groups excluding carboxylic acids is 1. The number of allylic oxidation sites excluding steroid dienone is 1. The highest BCUT2D eigenvalue weighted by atomic mass is 16.3. The molecule has 0 aromatic carbocycles. The second-order valence-corrected chi connectivity index (χ2v) is 1.95. The molecule has 10 heavy (non-hydrogen) atoms. The van der Waals surface area contributed by atoms with Gasteiger partial charge in [0.05, 0.1) is 6.26 Å². The largest absolute Gasteiger partial charge is 0.465 e. The third-order valence-corrected chi connectivity index (χ3v) is 1.20. The number of carbonyl (C=O) groups is 1. The minimum atomic E-state index is 0.341. The molecule has 1 heterocycles. The van der Waals surface area contributed by atoms with Crippen LogP contribution in [0.25, 0.3) is 5.57 Å². The minimum Gasteiger partial charge on any atom is -0.465 e. The molecule has 2 nitrogen and oxygen atoms in total. The first-order chi connectivity index (χ1) is 4.84. The monoisotopic (exact) mass is 136 g/mol. The van der Waals surface area contributed by atoms with E-state index in [9.17, 15) is 4.79 Å². The third kappa shape index (κ3) is 1.35. The zero-order valence-corrected chi connectivity index (χ0v) is 5.54. The zero-order valence-electron chi connectivity index (χ0n) is 5.54. The van der Waals surface area contributed by atoms with Crippen molar-refractivity contribution in [3.8, 4) is 0 Å². The third-order valence-electron chi connectivity index (χ3n) is 1.20. The Morgan fingerprint density at radius 3 is 3.10 bits per heavy atom. The molecule has 0 saturated heterocycles. The maximum atomic E-state index is 10.0. The van der Waals surface area contributed by atoms with Gasteiger partial charge in [0.2, 0.25) is 0 Å². The average molecular weight is 136 g/mol. The standard InChI is InChI=1S/C8H8O2/c1-7(4-5-9)8-3-2-6-10-8/h2-3,5-6H,1,4H2. The van der Waals surface area contributed by atoms with Crippen molar-refractivity contribution >= 4 is 11.9 Å². The van der Waals surface area contributed by atoms with Gasteiger partial charge in [-0.25, -0.2) is 0 Å². The maximum absolute atomic E-state index is 10.0. The van der Waals surface area contributed by atoms with Crippen LogP contribution in [0.5, 0.6) is 0 Å². The van der Waals surface area contributed by atoms with Crippen molar-refractivity contribution in [1.82, 2.24) is 0 Å². The Labute approximate surface area is 59.2 Å². The number of rotatable bonds is 3. The Bertz CT molecular complexity index is 221. The van der Waals surface area contributed by atoms with Crippen LogP contribution in [0.1, 0.15) is 12.2 Å². The first-order valence-corrected chi connectivity index (χ1v) is 3.00. The lowest BCUT2D eigenvalue weighted by Gasteiger charge is -1.92. The van der Waals surface area contributed by atoms with E-state index in [2.05, 4.69) is 6.58 Å². The number of aldehydes is 1. The average Bonchev–Trinajstić information content (AvgIpc) is 2.38. The van der Waals surface area contributed by atoms with Crippen LogP contribution in [0, 0.1) is 0 Å². The Kier molecular flexibility index (Phi) is 2.05. The first-order valence-electron chi connectivity index (χ1n) is 3.00. The summed E-state index contributed by atoms with van der Waals surface area (Å²) in [6.07, 6.45) is 2.71. The van der Waals surface area contributed by atoms with Gasteiger partial charge in [-0.1, -0.05) is 6.58 Å². The predicted octanol–water partition coefficient (Wildman–Crippen LogP) is 1.88. The van der Waals surface area contributed by atoms with Crippen molar-refractivity contribution in [1.29, 1.82) is 0 Å². The van der Waals surface area contributed by atoms with Crippen LogP contribution in [-0.4, -0.2) is 6.29 Å². The summed E-state index contributed by atoms with van der Waals surface area (Å²) >= 11 is 0. The SMILES string of the molecule is C=C(CC=O)c1ccco1. The van der Waals surface area contributed by atoms with Crippen LogP contribution >= 0.6 is 0 Å². The van der Waals surface area contributed by atoms with E-state index < -0.39 is 0 Å². The summed E-state index contributed by atoms with van der Waals surface area (Å²) in [5.41, 5.74) is 0.722. The molecule has 0 amide bonds. The van der Waals surface area contributed by atoms with Gasteiger partial charge in [0.1, 0.15) is 12.0 Å². The first kappa shape index (κ1) is 6.81. The van der Waals surface area contributed by atoms with Crippen LogP contribution in [0.3, 0.4) is 0 Å². The molecule has 0 saturated carbocycles. The van der Waals surface area contributed by atoms with Crippen LogP contribution in [-0.2, 0) is 4.79 Å². The van der Waals surface area contributed by atoms with Gasteiger partial charge >= 0.3 is 0 Å². The van der Waals surface area contributed by atoms with Gasteiger partial charge in [0, 0.05) is 6.42 Å². The fourth-order valence-corrected chi connectivity index (χ4v) is 0.681. The molecular formula is C8H8O2. The molecule has 1 aromatic rings. The second kappa shape index (κ2) is 3.01. The van der Waals surface area contributed by atoms with Gasteiger partial charge < -0.3 is 9.21 Å². The molecule has 52 valence electrons. The van der Waals surface area contributed by atoms with Gasteiger partial charge in [0.15, 0.2) is 0 Å². The van der Waals surface area contributed by atoms with Gasteiger partial charge in [-0.3, -0.25) is 0 Å². The van der Waals surface area contributed by atoms with Crippen LogP contribution in [0.15, 0.2) is 29.4 Å². The summed E-state index contributed by atoms with van der Waals surface area (Å²) in [6.45, 7) is 3.66. The molecule has 0 atom stereocenters. The van der Waals surface area contributed by atoms with Gasteiger partial charge in [-0.15, -0.1) is 0 Å². The minimum absolute atomic E-state index is 0.341. The fourth-order valence-electron chi connectivity index (χ4n) is 0.681. The van der Waals surface area contributed by atoms with E-state index in [4.69, 9.17) is 4.42 Å². The lowest BCUT2D eigenvalue weighted by Crippen LogP contribution is -1.78. The van der Waals surface area contributed by atoms with Crippen molar-refractivity contribution in [2.45, 2.75) is 6.42 Å². The summed E-state index contributed by atoms with van der Waals surface area (Å²) in [7, 11) is 0. The van der Waals surface area contributed by atoms with E-state index in [1.54, 1.807) is 18.4 Å². The number of hydrogen-bond donors (Lipinski definition) is 0. The van der Waals surface area contributed by atoms with Crippen molar-refractivity contribution in [3.05, 3.63) is 30.7 Å². The number of furan rings is 1. The molecule has 0 fully saturated rings. The molecule has 0 spiro atoms. The maximum Gasteiger partial charge on any atom is 0.129 e. The highest BCUT2D eigenvalue weighted by Gasteiger charge is 1.98. The lowest BCUT2D eigenvalue weighted by molar-refractivity contribution is -0.107. The van der Waals surface area contributed by atoms with Crippen molar-refractivity contribution < 1.29 is 9.21 Å². The topological polar surface area (TPSA) is 30.2 Å². The Morgan fingerprint density at radius 1 is 1.80 bits per heavy atom. The summed E-state index contributed by atoms with van der Waals surface area (Å²) in [4.78, 5) is 10.0. The smallest absolute Gasteiger partial charge is 0.129 e. The van der Waals surface area contributed by atoms with Gasteiger partial charge in [0.25, 0.3) is 0 Å². The molecule has 0 aliphatic carbocycles. The van der Waals surface area contributed by atoms with E-state index in [-0.39, 0.29) is 0 Å². The van der Waals surface area contributed by atoms with Gasteiger partial charge in [-0.05, 0) is 17.7 Å². The molecule has 2 heteroatoms. The van der Waals surface area contributed by atoms with E-state index in [0.717, 1.165) is 11.9 Å². The summed E-state index contributed by atoms with van der Waals surface area (Å²) in [5.74, 6) is 0.687. The van der Waals surface area contributed by atoms with Crippen LogP contribution < -0.4 is 0 Å². The normalized spacial score (nSPS) is 9.20. The molecule has 0 aliphatic rings. The molecule has 0 aliphatic heterocycles. The quantitative estimate of drug-likeness (QED) is 0.594. The van der Waals surface area contributed by atoms with Crippen molar-refractivity contribution in [2.75, 3.05) is 0 Å². The van der Waals surface area contributed by atoms with E-state index >= 15 is 0 Å². The molecule has 1 aromatic heterocycles. The molecule has 1 rings (SSSR count). The highest BCUT2D eigenvalue weighted by Crippen LogP contribution is 2.14. The fraction of sp³-hybridized carbons (Fsp3) is 0.125. The molecule has 0 unspecified atom stereocenters. The summed E-state index contributed by atoms with van der Waals surface area (Å²) < 4.78 is 4.99. The molecular weight excluding hydrogens is 128 g/mol. The van der Waals surface area contributed by atoms with Gasteiger partial charge in [-0.2, -0.15) is 0 Å². The van der Waals surface area contributed by atoms with E-state index in [0.29, 0.717) is 12.2 Å². The van der Waals surface area contributed by atoms with Crippen molar-refractivity contribution in [2.24, 2.45) is 0 Å².